The Hall–Kier alpha value is -0.120. The average Bonchev–Trinajstić information content (AvgIpc) is 2.72. The molecular formula is C15H30N2O. The molecule has 3 nitrogen and oxygen atoms in total. The van der Waals surface area contributed by atoms with Crippen LogP contribution in [0.5, 0.6) is 0 Å². The Morgan fingerprint density at radius 3 is 2.56 bits per heavy atom. The first-order valence-electron chi connectivity index (χ1n) is 7.72. The molecule has 0 bridgehead atoms. The van der Waals surface area contributed by atoms with Crippen LogP contribution >= 0.6 is 0 Å². The van der Waals surface area contributed by atoms with E-state index in [1.165, 1.54) is 32.5 Å². The molecule has 0 aromatic carbocycles. The van der Waals surface area contributed by atoms with E-state index in [1.54, 1.807) is 0 Å². The van der Waals surface area contributed by atoms with Crippen LogP contribution in [0.4, 0.5) is 0 Å². The van der Waals surface area contributed by atoms with E-state index in [4.69, 9.17) is 4.74 Å². The normalized spacial score (nSPS) is 38.2. The summed E-state index contributed by atoms with van der Waals surface area (Å²) in [5.41, 5.74) is 0. The third-order valence-corrected chi connectivity index (χ3v) is 4.29. The molecule has 3 heteroatoms. The summed E-state index contributed by atoms with van der Waals surface area (Å²) in [5, 5.41) is 3.64. The lowest BCUT2D eigenvalue weighted by Gasteiger charge is -2.37. The van der Waals surface area contributed by atoms with Crippen molar-refractivity contribution in [2.24, 2.45) is 17.8 Å². The zero-order valence-electron chi connectivity index (χ0n) is 12.3. The molecule has 0 aliphatic carbocycles. The van der Waals surface area contributed by atoms with Gasteiger partial charge < -0.3 is 15.0 Å². The highest BCUT2D eigenvalue weighted by molar-refractivity contribution is 4.85. The van der Waals surface area contributed by atoms with Crippen LogP contribution in [-0.2, 0) is 4.74 Å². The molecule has 18 heavy (non-hydrogen) atoms. The van der Waals surface area contributed by atoms with Gasteiger partial charge in [-0.15, -0.1) is 0 Å². The maximum atomic E-state index is 5.67. The maximum absolute atomic E-state index is 5.67. The maximum Gasteiger partial charge on any atom is 0.0623 e. The van der Waals surface area contributed by atoms with Gasteiger partial charge in [0, 0.05) is 31.6 Å². The van der Waals surface area contributed by atoms with Crippen LogP contribution < -0.4 is 5.32 Å². The molecule has 0 saturated carbocycles. The Morgan fingerprint density at radius 2 is 1.89 bits per heavy atom. The second-order valence-corrected chi connectivity index (χ2v) is 6.52. The average molecular weight is 254 g/mol. The molecule has 2 saturated heterocycles. The van der Waals surface area contributed by atoms with Gasteiger partial charge in [-0.05, 0) is 31.2 Å². The fourth-order valence-corrected chi connectivity index (χ4v) is 3.61. The first-order chi connectivity index (χ1) is 8.69. The van der Waals surface area contributed by atoms with Crippen molar-refractivity contribution in [3.05, 3.63) is 0 Å². The molecule has 2 aliphatic heterocycles. The van der Waals surface area contributed by atoms with Gasteiger partial charge in [-0.25, -0.2) is 0 Å². The second kappa shape index (κ2) is 6.88. The SMILES string of the molecule is CCCNC1COCC1CN1CC(C)CC(C)C1. The van der Waals surface area contributed by atoms with Gasteiger partial charge in [0.25, 0.3) is 0 Å². The lowest BCUT2D eigenvalue weighted by molar-refractivity contribution is 0.111. The lowest BCUT2D eigenvalue weighted by Crippen LogP contribution is -2.46. The van der Waals surface area contributed by atoms with Crippen molar-refractivity contribution >= 4 is 0 Å². The molecular weight excluding hydrogens is 224 g/mol. The molecule has 0 radical (unpaired) electrons. The fourth-order valence-electron chi connectivity index (χ4n) is 3.61. The van der Waals surface area contributed by atoms with Crippen molar-refractivity contribution in [2.75, 3.05) is 39.4 Å². The predicted molar refractivity (Wildman–Crippen MR) is 75.8 cm³/mol. The van der Waals surface area contributed by atoms with E-state index in [1.807, 2.05) is 0 Å². The Morgan fingerprint density at radius 1 is 1.17 bits per heavy atom. The van der Waals surface area contributed by atoms with E-state index >= 15 is 0 Å². The van der Waals surface area contributed by atoms with Crippen molar-refractivity contribution in [3.63, 3.8) is 0 Å². The molecule has 2 heterocycles. The number of hydrogen-bond donors (Lipinski definition) is 1. The number of ether oxygens (including phenoxy) is 1. The Labute approximate surface area is 112 Å². The van der Waals surface area contributed by atoms with Gasteiger partial charge in [0.05, 0.1) is 13.2 Å². The van der Waals surface area contributed by atoms with Crippen molar-refractivity contribution in [1.82, 2.24) is 10.2 Å². The quantitative estimate of drug-likeness (QED) is 0.812. The Kier molecular flexibility index (Phi) is 5.46. The summed E-state index contributed by atoms with van der Waals surface area (Å²) in [6, 6.07) is 0.581. The topological polar surface area (TPSA) is 24.5 Å². The van der Waals surface area contributed by atoms with E-state index in [0.717, 1.165) is 31.6 Å². The standard InChI is InChI=1S/C15H30N2O/c1-4-5-16-15-11-18-10-14(15)9-17-7-12(2)6-13(3)8-17/h12-16H,4-11H2,1-3H3. The molecule has 0 spiro atoms. The van der Waals surface area contributed by atoms with Gasteiger partial charge in [0.1, 0.15) is 0 Å². The summed E-state index contributed by atoms with van der Waals surface area (Å²) in [4.78, 5) is 2.67. The van der Waals surface area contributed by atoms with Crippen molar-refractivity contribution in [2.45, 2.75) is 39.7 Å². The molecule has 0 aromatic rings. The minimum atomic E-state index is 0.581. The van der Waals surface area contributed by atoms with Gasteiger partial charge >= 0.3 is 0 Å². The molecule has 0 amide bonds. The third-order valence-electron chi connectivity index (χ3n) is 4.29. The zero-order chi connectivity index (χ0) is 13.0. The highest BCUT2D eigenvalue weighted by atomic mass is 16.5. The molecule has 2 aliphatic rings. The first-order valence-corrected chi connectivity index (χ1v) is 7.72. The van der Waals surface area contributed by atoms with Crippen LogP contribution in [0.15, 0.2) is 0 Å². The number of piperidine rings is 1. The molecule has 2 rings (SSSR count). The molecule has 2 fully saturated rings. The molecule has 0 aromatic heterocycles. The Balaban J connectivity index is 1.80. The number of nitrogens with one attached hydrogen (secondary N) is 1. The van der Waals surface area contributed by atoms with Crippen LogP contribution in [0.25, 0.3) is 0 Å². The summed E-state index contributed by atoms with van der Waals surface area (Å²) in [6.07, 6.45) is 2.61. The van der Waals surface area contributed by atoms with Crippen LogP contribution in [0.3, 0.4) is 0 Å². The largest absolute Gasteiger partial charge is 0.379 e. The summed E-state index contributed by atoms with van der Waals surface area (Å²) in [5.74, 6) is 2.41. The van der Waals surface area contributed by atoms with Crippen LogP contribution in [-0.4, -0.2) is 50.3 Å². The molecule has 1 N–H and O–H groups in total. The number of hydrogen-bond acceptors (Lipinski definition) is 3. The number of likely N-dealkylation sites (tertiary alicyclic amines) is 1. The van der Waals surface area contributed by atoms with Crippen LogP contribution in [0.1, 0.15) is 33.6 Å². The van der Waals surface area contributed by atoms with Gasteiger partial charge in [-0.3, -0.25) is 0 Å². The smallest absolute Gasteiger partial charge is 0.0623 e. The summed E-state index contributed by atoms with van der Waals surface area (Å²) in [7, 11) is 0. The van der Waals surface area contributed by atoms with E-state index in [-0.39, 0.29) is 0 Å². The monoisotopic (exact) mass is 254 g/mol. The number of rotatable bonds is 5. The third kappa shape index (κ3) is 3.94. The molecule has 4 atom stereocenters. The highest BCUT2D eigenvalue weighted by Crippen LogP contribution is 2.23. The van der Waals surface area contributed by atoms with E-state index in [0.29, 0.717) is 12.0 Å². The summed E-state index contributed by atoms with van der Waals surface area (Å²) in [6.45, 7) is 13.8. The van der Waals surface area contributed by atoms with Gasteiger partial charge in [0.2, 0.25) is 0 Å². The highest BCUT2D eigenvalue weighted by Gasteiger charge is 2.31. The van der Waals surface area contributed by atoms with Crippen molar-refractivity contribution < 1.29 is 4.74 Å². The van der Waals surface area contributed by atoms with E-state index in [9.17, 15) is 0 Å². The van der Waals surface area contributed by atoms with Gasteiger partial charge in [-0.1, -0.05) is 20.8 Å². The Bertz CT molecular complexity index is 237. The van der Waals surface area contributed by atoms with E-state index in [2.05, 4.69) is 31.0 Å². The van der Waals surface area contributed by atoms with Crippen molar-refractivity contribution in [3.8, 4) is 0 Å². The van der Waals surface area contributed by atoms with Crippen molar-refractivity contribution in [1.29, 1.82) is 0 Å². The lowest BCUT2D eigenvalue weighted by atomic mass is 9.90. The minimum absolute atomic E-state index is 0.581. The summed E-state index contributed by atoms with van der Waals surface area (Å²) >= 11 is 0. The minimum Gasteiger partial charge on any atom is -0.379 e. The van der Waals surface area contributed by atoms with E-state index < -0.39 is 0 Å². The van der Waals surface area contributed by atoms with Crippen LogP contribution in [0, 0.1) is 17.8 Å². The van der Waals surface area contributed by atoms with Gasteiger partial charge in [-0.2, -0.15) is 0 Å². The van der Waals surface area contributed by atoms with Gasteiger partial charge in [0.15, 0.2) is 0 Å². The predicted octanol–water partition coefficient (Wildman–Crippen LogP) is 1.98. The van der Waals surface area contributed by atoms with Crippen LogP contribution in [0.2, 0.25) is 0 Å². The molecule has 106 valence electrons. The summed E-state index contributed by atoms with van der Waals surface area (Å²) < 4.78 is 5.67. The second-order valence-electron chi connectivity index (χ2n) is 6.52. The first kappa shape index (κ1) is 14.3. The fraction of sp³-hybridized carbons (Fsp3) is 1.00. The molecule has 4 unspecified atom stereocenters. The number of nitrogens with zero attached hydrogens (tertiary/aromatic N) is 1. The zero-order valence-corrected chi connectivity index (χ0v) is 12.3.